The van der Waals surface area contributed by atoms with Crippen LogP contribution in [0.3, 0.4) is 0 Å². The molecule has 0 bridgehead atoms. The van der Waals surface area contributed by atoms with Crippen LogP contribution in [-0.4, -0.2) is 44.7 Å². The molecule has 21 heavy (non-hydrogen) atoms. The summed E-state index contributed by atoms with van der Waals surface area (Å²) in [5.41, 5.74) is 2.80. The van der Waals surface area contributed by atoms with E-state index in [1.165, 1.54) is 37.3 Å². The van der Waals surface area contributed by atoms with E-state index in [1.807, 2.05) is 6.07 Å². The predicted molar refractivity (Wildman–Crippen MR) is 83.8 cm³/mol. The van der Waals surface area contributed by atoms with Gasteiger partial charge in [-0.3, -0.25) is 0 Å². The summed E-state index contributed by atoms with van der Waals surface area (Å²) >= 11 is 1.46. The van der Waals surface area contributed by atoms with Crippen LogP contribution in [0.15, 0.2) is 17.9 Å². The number of rotatable bonds is 5. The standard InChI is InChI=1S/C14H20N6S/c1-2-20-5-3-4-11(8-20)6-12-7-13(16-9-15-12)18-14-19-17-10-21-14/h7,9-11H,2-6,8H2,1H3,(H,15,16,18,19)/t11-/m1/s1. The fourth-order valence-corrected chi connectivity index (χ4v) is 3.27. The van der Waals surface area contributed by atoms with Crippen LogP contribution in [0.4, 0.5) is 10.9 Å². The Labute approximate surface area is 128 Å². The lowest BCUT2D eigenvalue weighted by Gasteiger charge is -2.31. The molecular weight excluding hydrogens is 284 g/mol. The van der Waals surface area contributed by atoms with Crippen molar-refractivity contribution >= 4 is 22.3 Å². The van der Waals surface area contributed by atoms with Crippen molar-refractivity contribution in [1.29, 1.82) is 0 Å². The van der Waals surface area contributed by atoms with Crippen molar-refractivity contribution < 1.29 is 0 Å². The third-order valence-corrected chi connectivity index (χ3v) is 4.47. The maximum Gasteiger partial charge on any atom is 0.210 e. The molecule has 112 valence electrons. The summed E-state index contributed by atoms with van der Waals surface area (Å²) in [6.45, 7) is 5.79. The summed E-state index contributed by atoms with van der Waals surface area (Å²) in [6, 6.07) is 2.02. The molecule has 0 saturated carbocycles. The second kappa shape index (κ2) is 6.91. The smallest absolute Gasteiger partial charge is 0.210 e. The molecule has 7 heteroatoms. The third-order valence-electron chi connectivity index (χ3n) is 3.87. The second-order valence-corrected chi connectivity index (χ2v) is 6.20. The van der Waals surface area contributed by atoms with Crippen LogP contribution in [0, 0.1) is 5.92 Å². The first-order valence-corrected chi connectivity index (χ1v) is 8.28. The van der Waals surface area contributed by atoms with Gasteiger partial charge in [0.15, 0.2) is 0 Å². The fraction of sp³-hybridized carbons (Fsp3) is 0.571. The van der Waals surface area contributed by atoms with Crippen molar-refractivity contribution in [3.63, 3.8) is 0 Å². The molecule has 6 nitrogen and oxygen atoms in total. The summed E-state index contributed by atoms with van der Waals surface area (Å²) in [5, 5.41) is 11.7. The van der Waals surface area contributed by atoms with Crippen molar-refractivity contribution in [2.75, 3.05) is 25.0 Å². The van der Waals surface area contributed by atoms with E-state index in [2.05, 4.69) is 37.3 Å². The third kappa shape index (κ3) is 3.95. The molecule has 1 aliphatic rings. The minimum atomic E-state index is 0.697. The van der Waals surface area contributed by atoms with Gasteiger partial charge in [-0.15, -0.1) is 10.2 Å². The Bertz CT molecular complexity index is 558. The van der Waals surface area contributed by atoms with Gasteiger partial charge in [-0.25, -0.2) is 9.97 Å². The summed E-state index contributed by atoms with van der Waals surface area (Å²) < 4.78 is 0. The Kier molecular flexibility index (Phi) is 4.72. The summed E-state index contributed by atoms with van der Waals surface area (Å²) in [6.07, 6.45) is 5.22. The zero-order chi connectivity index (χ0) is 14.5. The van der Waals surface area contributed by atoms with Gasteiger partial charge in [0.05, 0.1) is 0 Å². The van der Waals surface area contributed by atoms with E-state index in [1.54, 1.807) is 11.8 Å². The van der Waals surface area contributed by atoms with Crippen LogP contribution >= 0.6 is 11.3 Å². The van der Waals surface area contributed by atoms with E-state index in [0.29, 0.717) is 5.92 Å². The van der Waals surface area contributed by atoms with Gasteiger partial charge < -0.3 is 10.2 Å². The van der Waals surface area contributed by atoms with Crippen LogP contribution in [0.1, 0.15) is 25.5 Å². The first kappa shape index (κ1) is 14.3. The molecule has 1 saturated heterocycles. The number of hydrogen-bond donors (Lipinski definition) is 1. The number of likely N-dealkylation sites (tertiary alicyclic amines) is 1. The molecule has 0 aromatic carbocycles. The lowest BCUT2D eigenvalue weighted by Crippen LogP contribution is -2.36. The summed E-state index contributed by atoms with van der Waals surface area (Å²) in [4.78, 5) is 11.2. The topological polar surface area (TPSA) is 66.8 Å². The van der Waals surface area contributed by atoms with Crippen LogP contribution in [-0.2, 0) is 6.42 Å². The van der Waals surface area contributed by atoms with E-state index in [-0.39, 0.29) is 0 Å². The number of nitrogens with one attached hydrogen (secondary N) is 1. The van der Waals surface area contributed by atoms with Gasteiger partial charge in [0.1, 0.15) is 17.7 Å². The van der Waals surface area contributed by atoms with Crippen LogP contribution in [0.2, 0.25) is 0 Å². The minimum Gasteiger partial charge on any atom is -0.315 e. The van der Waals surface area contributed by atoms with E-state index in [4.69, 9.17) is 0 Å². The van der Waals surface area contributed by atoms with Crippen molar-refractivity contribution in [2.24, 2.45) is 5.92 Å². The second-order valence-electron chi connectivity index (χ2n) is 5.37. The molecule has 1 atom stereocenters. The highest BCUT2D eigenvalue weighted by molar-refractivity contribution is 7.13. The fourth-order valence-electron chi connectivity index (χ4n) is 2.82. The SMILES string of the molecule is CCN1CCC[C@H](Cc2cc(Nc3nncs3)ncn2)C1. The van der Waals surface area contributed by atoms with E-state index in [9.17, 15) is 0 Å². The lowest BCUT2D eigenvalue weighted by atomic mass is 9.93. The quantitative estimate of drug-likeness (QED) is 0.914. The first-order chi connectivity index (χ1) is 10.3. The Morgan fingerprint density at radius 3 is 3.19 bits per heavy atom. The van der Waals surface area contributed by atoms with Crippen LogP contribution in [0.5, 0.6) is 0 Å². The van der Waals surface area contributed by atoms with Gasteiger partial charge in [0.2, 0.25) is 5.13 Å². The number of piperidine rings is 1. The van der Waals surface area contributed by atoms with Crippen molar-refractivity contribution in [3.8, 4) is 0 Å². The van der Waals surface area contributed by atoms with Gasteiger partial charge in [-0.05, 0) is 38.3 Å². The number of nitrogens with zero attached hydrogens (tertiary/aromatic N) is 5. The first-order valence-electron chi connectivity index (χ1n) is 7.40. The molecule has 0 radical (unpaired) electrons. The number of hydrogen-bond acceptors (Lipinski definition) is 7. The van der Waals surface area contributed by atoms with E-state index in [0.717, 1.165) is 29.6 Å². The maximum absolute atomic E-state index is 4.41. The normalized spacial score (nSPS) is 19.6. The van der Waals surface area contributed by atoms with Gasteiger partial charge in [0, 0.05) is 18.3 Å². The highest BCUT2D eigenvalue weighted by atomic mass is 32.1. The molecule has 1 fully saturated rings. The molecule has 1 N–H and O–H groups in total. The Morgan fingerprint density at radius 2 is 2.38 bits per heavy atom. The summed E-state index contributed by atoms with van der Waals surface area (Å²) in [7, 11) is 0. The molecule has 0 amide bonds. The Hall–Kier alpha value is -1.60. The van der Waals surface area contributed by atoms with Crippen LogP contribution in [0.25, 0.3) is 0 Å². The Morgan fingerprint density at radius 1 is 1.43 bits per heavy atom. The lowest BCUT2D eigenvalue weighted by molar-refractivity contribution is 0.181. The largest absolute Gasteiger partial charge is 0.315 e. The highest BCUT2D eigenvalue weighted by Gasteiger charge is 2.19. The molecule has 1 aliphatic heterocycles. The Balaban J connectivity index is 1.63. The highest BCUT2D eigenvalue weighted by Crippen LogP contribution is 2.21. The predicted octanol–water partition coefficient (Wildman–Crippen LogP) is 2.35. The maximum atomic E-state index is 4.41. The zero-order valence-corrected chi connectivity index (χ0v) is 13.0. The molecule has 2 aromatic rings. The van der Waals surface area contributed by atoms with Crippen molar-refractivity contribution in [3.05, 3.63) is 23.6 Å². The van der Waals surface area contributed by atoms with Gasteiger partial charge in [-0.1, -0.05) is 18.3 Å². The molecule has 2 aromatic heterocycles. The number of anilines is 2. The summed E-state index contributed by atoms with van der Waals surface area (Å²) in [5.74, 6) is 1.49. The monoisotopic (exact) mass is 304 g/mol. The molecule has 3 rings (SSSR count). The molecule has 0 unspecified atom stereocenters. The molecule has 0 aliphatic carbocycles. The van der Waals surface area contributed by atoms with Gasteiger partial charge in [-0.2, -0.15) is 0 Å². The average molecular weight is 304 g/mol. The molecular formula is C14H20N6S. The van der Waals surface area contributed by atoms with Gasteiger partial charge in [0.25, 0.3) is 0 Å². The zero-order valence-electron chi connectivity index (χ0n) is 12.2. The van der Waals surface area contributed by atoms with E-state index >= 15 is 0 Å². The van der Waals surface area contributed by atoms with Gasteiger partial charge >= 0.3 is 0 Å². The van der Waals surface area contributed by atoms with Crippen molar-refractivity contribution in [1.82, 2.24) is 25.1 Å². The molecule has 3 heterocycles. The average Bonchev–Trinajstić information content (AvgIpc) is 3.01. The molecule has 0 spiro atoms. The number of aromatic nitrogens is 4. The van der Waals surface area contributed by atoms with E-state index < -0.39 is 0 Å². The van der Waals surface area contributed by atoms with Crippen molar-refractivity contribution in [2.45, 2.75) is 26.2 Å². The van der Waals surface area contributed by atoms with Crippen LogP contribution < -0.4 is 5.32 Å². The minimum absolute atomic E-state index is 0.697.